The first-order valence-electron chi connectivity index (χ1n) is 5.61. The third-order valence-electron chi connectivity index (χ3n) is 2.05. The maximum atomic E-state index is 11.9. The number of carbonyl (C=O) groups excluding carboxylic acids is 1. The molecule has 0 saturated carbocycles. The standard InChI is InChI=1S/C13H17F2NO2/c1-13(2,3)8-11(17)16-9-4-6-10(7-5-9)18-12(14)15/h4-7,12H,8H2,1-3H3,(H,16,17). The summed E-state index contributed by atoms with van der Waals surface area (Å²) in [5, 5.41) is 2.70. The van der Waals surface area contributed by atoms with E-state index in [0.717, 1.165) is 0 Å². The van der Waals surface area contributed by atoms with Crippen LogP contribution in [0, 0.1) is 5.41 Å². The van der Waals surface area contributed by atoms with E-state index in [9.17, 15) is 13.6 Å². The Bertz CT molecular complexity index is 396. The summed E-state index contributed by atoms with van der Waals surface area (Å²) >= 11 is 0. The summed E-state index contributed by atoms with van der Waals surface area (Å²) in [6, 6.07) is 5.83. The molecule has 0 aromatic heterocycles. The maximum absolute atomic E-state index is 11.9. The Morgan fingerprint density at radius 1 is 1.28 bits per heavy atom. The van der Waals surface area contributed by atoms with E-state index in [1.54, 1.807) is 0 Å². The van der Waals surface area contributed by atoms with Crippen molar-refractivity contribution in [1.29, 1.82) is 0 Å². The molecule has 0 saturated heterocycles. The Hall–Kier alpha value is -1.65. The first-order valence-corrected chi connectivity index (χ1v) is 5.61. The highest BCUT2D eigenvalue weighted by Gasteiger charge is 2.15. The highest BCUT2D eigenvalue weighted by atomic mass is 19.3. The van der Waals surface area contributed by atoms with Gasteiger partial charge >= 0.3 is 6.61 Å². The van der Waals surface area contributed by atoms with Crippen molar-refractivity contribution < 1.29 is 18.3 Å². The number of ether oxygens (including phenoxy) is 1. The zero-order valence-electron chi connectivity index (χ0n) is 10.7. The second kappa shape index (κ2) is 5.80. The molecule has 0 aliphatic rings. The zero-order valence-corrected chi connectivity index (χ0v) is 10.7. The minimum Gasteiger partial charge on any atom is -0.435 e. The van der Waals surface area contributed by atoms with E-state index in [1.807, 2.05) is 20.8 Å². The maximum Gasteiger partial charge on any atom is 0.387 e. The molecule has 5 heteroatoms. The molecule has 1 N–H and O–H groups in total. The highest BCUT2D eigenvalue weighted by Crippen LogP contribution is 2.21. The van der Waals surface area contributed by atoms with Gasteiger partial charge in [0.05, 0.1) is 0 Å². The highest BCUT2D eigenvalue weighted by molar-refractivity contribution is 5.91. The number of nitrogens with one attached hydrogen (secondary N) is 1. The van der Waals surface area contributed by atoms with E-state index in [-0.39, 0.29) is 17.1 Å². The Balaban J connectivity index is 2.56. The molecule has 0 aliphatic carbocycles. The average molecular weight is 257 g/mol. The van der Waals surface area contributed by atoms with Crippen LogP contribution < -0.4 is 10.1 Å². The minimum atomic E-state index is -2.84. The van der Waals surface area contributed by atoms with Crippen molar-refractivity contribution in [3.63, 3.8) is 0 Å². The van der Waals surface area contributed by atoms with Gasteiger partial charge in [0.25, 0.3) is 0 Å². The fourth-order valence-corrected chi connectivity index (χ4v) is 1.41. The molecule has 0 fully saturated rings. The molecule has 100 valence electrons. The first-order chi connectivity index (χ1) is 8.26. The lowest BCUT2D eigenvalue weighted by atomic mass is 9.92. The van der Waals surface area contributed by atoms with Crippen LogP contribution in [0.1, 0.15) is 27.2 Å². The molecule has 0 aliphatic heterocycles. The fourth-order valence-electron chi connectivity index (χ4n) is 1.41. The quantitative estimate of drug-likeness (QED) is 0.893. The summed E-state index contributed by atoms with van der Waals surface area (Å²) in [5.41, 5.74) is 0.467. The molecular weight excluding hydrogens is 240 g/mol. The van der Waals surface area contributed by atoms with Crippen molar-refractivity contribution in [1.82, 2.24) is 0 Å². The van der Waals surface area contributed by atoms with E-state index in [2.05, 4.69) is 10.1 Å². The van der Waals surface area contributed by atoms with E-state index < -0.39 is 6.61 Å². The lowest BCUT2D eigenvalue weighted by molar-refractivity contribution is -0.117. The van der Waals surface area contributed by atoms with E-state index in [4.69, 9.17) is 0 Å². The molecule has 0 heterocycles. The fraction of sp³-hybridized carbons (Fsp3) is 0.462. The first kappa shape index (κ1) is 14.4. The van der Waals surface area contributed by atoms with Gasteiger partial charge in [0.1, 0.15) is 5.75 Å². The molecule has 1 aromatic rings. The number of halogens is 2. The van der Waals surface area contributed by atoms with Gasteiger partial charge in [-0.1, -0.05) is 20.8 Å². The summed E-state index contributed by atoms with van der Waals surface area (Å²) in [4.78, 5) is 11.6. The number of rotatable bonds is 4. The Kier molecular flexibility index (Phi) is 4.64. The van der Waals surface area contributed by atoms with Gasteiger partial charge in [-0.05, 0) is 29.7 Å². The molecule has 0 atom stereocenters. The number of carbonyl (C=O) groups is 1. The zero-order chi connectivity index (χ0) is 13.8. The molecule has 1 rings (SSSR count). The van der Waals surface area contributed by atoms with Crippen LogP contribution in [0.5, 0.6) is 5.75 Å². The van der Waals surface area contributed by atoms with Crippen LogP contribution in [0.15, 0.2) is 24.3 Å². The molecule has 0 spiro atoms. The Morgan fingerprint density at radius 3 is 2.28 bits per heavy atom. The molecular formula is C13H17F2NO2. The molecule has 1 aromatic carbocycles. The van der Waals surface area contributed by atoms with Crippen molar-refractivity contribution in [2.24, 2.45) is 5.41 Å². The lowest BCUT2D eigenvalue weighted by Crippen LogP contribution is -2.19. The predicted octanol–water partition coefficient (Wildman–Crippen LogP) is 3.66. The molecule has 18 heavy (non-hydrogen) atoms. The topological polar surface area (TPSA) is 38.3 Å². The van der Waals surface area contributed by atoms with Crippen molar-refractivity contribution in [3.05, 3.63) is 24.3 Å². The van der Waals surface area contributed by atoms with Crippen molar-refractivity contribution in [2.75, 3.05) is 5.32 Å². The van der Waals surface area contributed by atoms with Crippen LogP contribution >= 0.6 is 0 Å². The average Bonchev–Trinajstić information content (AvgIpc) is 2.17. The molecule has 3 nitrogen and oxygen atoms in total. The van der Waals surface area contributed by atoms with Crippen LogP contribution in [0.4, 0.5) is 14.5 Å². The SMILES string of the molecule is CC(C)(C)CC(=O)Nc1ccc(OC(F)F)cc1. The minimum absolute atomic E-state index is 0.0684. The van der Waals surface area contributed by atoms with Crippen LogP contribution in [-0.4, -0.2) is 12.5 Å². The van der Waals surface area contributed by atoms with E-state index >= 15 is 0 Å². The van der Waals surface area contributed by atoms with Gasteiger partial charge in [0.2, 0.25) is 5.91 Å². The largest absolute Gasteiger partial charge is 0.435 e. The van der Waals surface area contributed by atoms with Crippen molar-refractivity contribution >= 4 is 11.6 Å². The molecule has 0 radical (unpaired) electrons. The van der Waals surface area contributed by atoms with Crippen molar-refractivity contribution in [3.8, 4) is 5.75 Å². The number of hydrogen-bond donors (Lipinski definition) is 1. The van der Waals surface area contributed by atoms with Gasteiger partial charge in [-0.25, -0.2) is 0 Å². The predicted molar refractivity (Wildman–Crippen MR) is 65.8 cm³/mol. The molecule has 0 bridgehead atoms. The monoisotopic (exact) mass is 257 g/mol. The molecule has 1 amide bonds. The third kappa shape index (κ3) is 5.61. The van der Waals surface area contributed by atoms with Gasteiger partial charge in [0.15, 0.2) is 0 Å². The smallest absolute Gasteiger partial charge is 0.387 e. The number of benzene rings is 1. The number of alkyl halides is 2. The summed E-state index contributed by atoms with van der Waals surface area (Å²) in [6.07, 6.45) is 0.391. The number of amides is 1. The Morgan fingerprint density at radius 2 is 1.83 bits per heavy atom. The van der Waals surface area contributed by atoms with Crippen molar-refractivity contribution in [2.45, 2.75) is 33.8 Å². The summed E-state index contributed by atoms with van der Waals surface area (Å²) in [6.45, 7) is 3.05. The van der Waals surface area contributed by atoms with Crippen LogP contribution in [0.25, 0.3) is 0 Å². The van der Waals surface area contributed by atoms with Gasteiger partial charge < -0.3 is 10.1 Å². The van der Waals surface area contributed by atoms with Gasteiger partial charge in [-0.3, -0.25) is 4.79 Å². The van der Waals surface area contributed by atoms with Crippen LogP contribution in [-0.2, 0) is 4.79 Å². The van der Waals surface area contributed by atoms with E-state index in [0.29, 0.717) is 12.1 Å². The van der Waals surface area contributed by atoms with E-state index in [1.165, 1.54) is 24.3 Å². The summed E-state index contributed by atoms with van der Waals surface area (Å²) in [5.74, 6) is -0.0381. The van der Waals surface area contributed by atoms with Crippen LogP contribution in [0.3, 0.4) is 0 Å². The third-order valence-corrected chi connectivity index (χ3v) is 2.05. The number of anilines is 1. The molecule has 0 unspecified atom stereocenters. The van der Waals surface area contributed by atoms with Gasteiger partial charge in [-0.2, -0.15) is 8.78 Å². The normalized spacial score (nSPS) is 11.4. The lowest BCUT2D eigenvalue weighted by Gasteiger charge is -2.17. The second-order valence-corrected chi connectivity index (χ2v) is 5.19. The summed E-state index contributed by atoms with van der Waals surface area (Å²) in [7, 11) is 0. The Labute approximate surface area is 105 Å². The summed E-state index contributed by atoms with van der Waals surface area (Å²) < 4.78 is 28.1. The number of hydrogen-bond acceptors (Lipinski definition) is 2. The van der Waals surface area contributed by atoms with Gasteiger partial charge in [0, 0.05) is 12.1 Å². The second-order valence-electron chi connectivity index (χ2n) is 5.19. The van der Waals surface area contributed by atoms with Crippen LogP contribution in [0.2, 0.25) is 0 Å². The van der Waals surface area contributed by atoms with Gasteiger partial charge in [-0.15, -0.1) is 0 Å².